The van der Waals surface area contributed by atoms with E-state index in [0.717, 1.165) is 32.2 Å². The van der Waals surface area contributed by atoms with Gasteiger partial charge in [0.1, 0.15) is 5.78 Å². The summed E-state index contributed by atoms with van der Waals surface area (Å²) < 4.78 is 0. The topological polar surface area (TPSA) is 29.4 Å². The number of hydrogen-bond donors (Lipinski definition) is 0. The van der Waals surface area contributed by atoms with Crippen molar-refractivity contribution in [2.75, 3.05) is 6.54 Å². The maximum atomic E-state index is 12.0. The van der Waals surface area contributed by atoms with Crippen molar-refractivity contribution in [3.05, 3.63) is 0 Å². The van der Waals surface area contributed by atoms with Gasteiger partial charge in [0.05, 0.1) is 5.92 Å². The molecule has 1 atom stereocenters. The zero-order valence-electron chi connectivity index (χ0n) is 10.9. The summed E-state index contributed by atoms with van der Waals surface area (Å²) in [5.74, 6) is 0.662. The quantitative estimate of drug-likeness (QED) is 0.677. The van der Waals surface area contributed by atoms with Gasteiger partial charge in [0.25, 0.3) is 0 Å². The lowest BCUT2D eigenvalue weighted by molar-refractivity contribution is -0.122. The Hall–Kier alpha value is -0.660. The highest BCUT2D eigenvalue weighted by Gasteiger charge is 2.26. The number of rotatable bonds is 1. The van der Waals surface area contributed by atoms with Gasteiger partial charge in [-0.1, -0.05) is 32.1 Å². The monoisotopic (exact) mass is 235 g/mol. The van der Waals surface area contributed by atoms with Gasteiger partial charge in [0.2, 0.25) is 0 Å². The molecule has 0 N–H and O–H groups in total. The molecule has 0 aromatic heterocycles. The van der Waals surface area contributed by atoms with Gasteiger partial charge in [-0.2, -0.15) is 0 Å². The van der Waals surface area contributed by atoms with Gasteiger partial charge in [-0.05, 0) is 32.1 Å². The molecule has 0 spiro atoms. The van der Waals surface area contributed by atoms with Crippen LogP contribution in [0.5, 0.6) is 0 Å². The lowest BCUT2D eigenvalue weighted by Gasteiger charge is -2.23. The van der Waals surface area contributed by atoms with E-state index < -0.39 is 0 Å². The minimum atomic E-state index is 0.197. The van der Waals surface area contributed by atoms with Gasteiger partial charge < -0.3 is 0 Å². The second-order valence-corrected chi connectivity index (χ2v) is 5.51. The number of hydrogen-bond acceptors (Lipinski definition) is 2. The number of aliphatic imine (C=N–C) groups is 1. The molecule has 2 aliphatic rings. The summed E-state index contributed by atoms with van der Waals surface area (Å²) in [6.45, 7) is 0.957. The van der Waals surface area contributed by atoms with Crippen LogP contribution in [0.2, 0.25) is 0 Å². The van der Waals surface area contributed by atoms with Crippen LogP contribution in [0.15, 0.2) is 4.99 Å². The van der Waals surface area contributed by atoms with Crippen LogP contribution in [0, 0.1) is 5.92 Å². The van der Waals surface area contributed by atoms with E-state index in [9.17, 15) is 4.79 Å². The molecule has 96 valence electrons. The fourth-order valence-corrected chi connectivity index (χ4v) is 3.05. The average Bonchev–Trinajstić information content (AvgIpc) is 2.37. The molecule has 0 aromatic carbocycles. The number of nitrogens with zero attached hydrogens (tertiary/aromatic N) is 1. The largest absolute Gasteiger partial charge is 0.299 e. The molecule has 1 unspecified atom stereocenters. The third-order valence-electron chi connectivity index (χ3n) is 4.11. The van der Waals surface area contributed by atoms with Crippen molar-refractivity contribution in [2.45, 2.75) is 70.6 Å². The third kappa shape index (κ3) is 3.93. The molecule has 0 amide bonds. The van der Waals surface area contributed by atoms with Gasteiger partial charge in [0.15, 0.2) is 0 Å². The van der Waals surface area contributed by atoms with Crippen molar-refractivity contribution in [1.29, 1.82) is 0 Å². The predicted molar refractivity (Wildman–Crippen MR) is 71.6 cm³/mol. The first-order chi connectivity index (χ1) is 8.38. The Kier molecular flexibility index (Phi) is 5.21. The van der Waals surface area contributed by atoms with E-state index >= 15 is 0 Å². The van der Waals surface area contributed by atoms with Crippen molar-refractivity contribution in [3.63, 3.8) is 0 Å². The minimum Gasteiger partial charge on any atom is -0.299 e. The summed E-state index contributed by atoms with van der Waals surface area (Å²) in [4.78, 5) is 16.7. The highest BCUT2D eigenvalue weighted by molar-refractivity contribution is 6.05. The smallest absolute Gasteiger partial charge is 0.141 e. The molecule has 0 aromatic rings. The van der Waals surface area contributed by atoms with Crippen molar-refractivity contribution in [3.8, 4) is 0 Å². The number of carbonyl (C=O) groups excluding carboxylic acids is 1. The molecule has 1 saturated carbocycles. The standard InChI is InChI=1S/C15H25NO/c17-15-11-7-6-9-13(15)14-10-5-3-1-2-4-8-12-16-14/h13H,1-12H2. The first kappa shape index (κ1) is 12.8. The Morgan fingerprint density at radius 1 is 0.824 bits per heavy atom. The maximum Gasteiger partial charge on any atom is 0.141 e. The summed E-state index contributed by atoms with van der Waals surface area (Å²) in [5, 5.41) is 0. The van der Waals surface area contributed by atoms with Crippen molar-refractivity contribution in [2.24, 2.45) is 10.9 Å². The molecule has 1 aliphatic carbocycles. The third-order valence-corrected chi connectivity index (χ3v) is 4.11. The van der Waals surface area contributed by atoms with E-state index in [2.05, 4.69) is 0 Å². The van der Waals surface area contributed by atoms with Crippen LogP contribution in [-0.4, -0.2) is 18.0 Å². The highest BCUT2D eigenvalue weighted by atomic mass is 16.1. The zero-order chi connectivity index (χ0) is 11.9. The Morgan fingerprint density at radius 2 is 1.53 bits per heavy atom. The molecule has 0 bridgehead atoms. The summed E-state index contributed by atoms with van der Waals surface area (Å²) >= 11 is 0. The predicted octanol–water partition coefficient (Wildman–Crippen LogP) is 3.93. The number of ketones is 1. The number of Topliss-reactive ketones (excluding diaryl/α,β-unsaturated/α-hetero) is 1. The van der Waals surface area contributed by atoms with E-state index in [4.69, 9.17) is 4.99 Å². The summed E-state index contributed by atoms with van der Waals surface area (Å²) in [7, 11) is 0. The Labute approximate surface area is 105 Å². The van der Waals surface area contributed by atoms with Crippen LogP contribution in [0.25, 0.3) is 0 Å². The lowest BCUT2D eigenvalue weighted by Crippen LogP contribution is -2.27. The molecule has 2 heteroatoms. The zero-order valence-corrected chi connectivity index (χ0v) is 10.9. The van der Waals surface area contributed by atoms with E-state index in [1.54, 1.807) is 0 Å². The molecule has 1 heterocycles. The molecule has 0 saturated heterocycles. The summed E-state index contributed by atoms with van der Waals surface area (Å²) in [5.41, 5.74) is 1.25. The molecule has 2 nitrogen and oxygen atoms in total. The molecule has 2 rings (SSSR count). The van der Waals surface area contributed by atoms with Gasteiger partial charge in [-0.15, -0.1) is 0 Å². The molecule has 0 radical (unpaired) electrons. The Bertz CT molecular complexity index is 283. The molecule has 17 heavy (non-hydrogen) atoms. The summed E-state index contributed by atoms with van der Waals surface area (Å²) in [6, 6.07) is 0. The average molecular weight is 235 g/mol. The van der Waals surface area contributed by atoms with E-state index in [1.165, 1.54) is 50.7 Å². The molecular weight excluding hydrogens is 210 g/mol. The summed E-state index contributed by atoms with van der Waals surface area (Å²) in [6.07, 6.45) is 13.1. The molecule has 1 aliphatic heterocycles. The first-order valence-electron chi connectivity index (χ1n) is 7.44. The van der Waals surface area contributed by atoms with E-state index in [1.807, 2.05) is 0 Å². The molecular formula is C15H25NO. The number of carbonyl (C=O) groups is 1. The lowest BCUT2D eigenvalue weighted by atomic mass is 9.82. The molecule has 1 fully saturated rings. The second kappa shape index (κ2) is 6.93. The van der Waals surface area contributed by atoms with Crippen LogP contribution in [0.1, 0.15) is 70.6 Å². The van der Waals surface area contributed by atoms with E-state index in [0.29, 0.717) is 5.78 Å². The van der Waals surface area contributed by atoms with Crippen LogP contribution in [0.3, 0.4) is 0 Å². The van der Waals surface area contributed by atoms with Crippen molar-refractivity contribution < 1.29 is 4.79 Å². The van der Waals surface area contributed by atoms with Crippen LogP contribution in [0.4, 0.5) is 0 Å². The Balaban J connectivity index is 1.98. The van der Waals surface area contributed by atoms with Crippen LogP contribution >= 0.6 is 0 Å². The fourth-order valence-electron chi connectivity index (χ4n) is 3.05. The SMILES string of the molecule is O=C1CCCCC1C1=NCCCCCCCC1. The van der Waals surface area contributed by atoms with Crippen molar-refractivity contribution >= 4 is 11.5 Å². The van der Waals surface area contributed by atoms with Crippen molar-refractivity contribution in [1.82, 2.24) is 0 Å². The first-order valence-corrected chi connectivity index (χ1v) is 7.44. The highest BCUT2D eigenvalue weighted by Crippen LogP contribution is 2.25. The fraction of sp³-hybridized carbons (Fsp3) is 0.867. The second-order valence-electron chi connectivity index (χ2n) is 5.51. The van der Waals surface area contributed by atoms with E-state index in [-0.39, 0.29) is 5.92 Å². The van der Waals surface area contributed by atoms with Gasteiger partial charge in [-0.3, -0.25) is 9.79 Å². The Morgan fingerprint density at radius 3 is 2.35 bits per heavy atom. The van der Waals surface area contributed by atoms with Gasteiger partial charge >= 0.3 is 0 Å². The van der Waals surface area contributed by atoms with Gasteiger partial charge in [0, 0.05) is 18.7 Å². The van der Waals surface area contributed by atoms with Crippen LogP contribution < -0.4 is 0 Å². The van der Waals surface area contributed by atoms with Gasteiger partial charge in [-0.25, -0.2) is 0 Å². The minimum absolute atomic E-state index is 0.197. The normalized spacial score (nSPS) is 28.6. The maximum absolute atomic E-state index is 12.0. The van der Waals surface area contributed by atoms with Crippen LogP contribution in [-0.2, 0) is 4.79 Å².